The Labute approximate surface area is 173 Å². The van der Waals surface area contributed by atoms with Gasteiger partial charge in [-0.1, -0.05) is 73.8 Å². The Hall–Kier alpha value is -2.09. The second-order valence-corrected chi connectivity index (χ2v) is 7.57. The van der Waals surface area contributed by atoms with E-state index in [2.05, 4.69) is 67.7 Å². The average molecular weight is 385 g/mol. The monoisotopic (exact) mass is 384 g/mol. The van der Waals surface area contributed by atoms with Crippen LogP contribution in [0.5, 0.6) is 0 Å². The molecule has 0 saturated heterocycles. The molecule has 28 heavy (non-hydrogen) atoms. The molecule has 0 saturated carbocycles. The van der Waals surface area contributed by atoms with Crippen LogP contribution in [-0.2, 0) is 9.53 Å². The van der Waals surface area contributed by atoms with E-state index in [9.17, 15) is 4.79 Å². The first-order valence-corrected chi connectivity index (χ1v) is 10.6. The second kappa shape index (κ2) is 18.3. The van der Waals surface area contributed by atoms with Crippen molar-refractivity contribution in [3.63, 3.8) is 0 Å². The third-order valence-electron chi connectivity index (χ3n) is 3.56. The molecular formula is C26H40O2. The molecule has 0 aliphatic heterocycles. The van der Waals surface area contributed by atoms with Crippen LogP contribution in [0.2, 0.25) is 0 Å². The minimum atomic E-state index is -0.420. The van der Waals surface area contributed by atoms with Crippen LogP contribution in [0.25, 0.3) is 0 Å². The summed E-state index contributed by atoms with van der Waals surface area (Å²) in [7, 11) is 0. The van der Waals surface area contributed by atoms with Gasteiger partial charge >= 0.3 is 5.97 Å². The molecule has 156 valence electrons. The summed E-state index contributed by atoms with van der Waals surface area (Å²) in [5.74, 6) is -0.262. The average Bonchev–Trinajstić information content (AvgIpc) is 2.62. The van der Waals surface area contributed by atoms with Gasteiger partial charge in [0.05, 0.1) is 0 Å². The number of esters is 1. The smallest absolute Gasteiger partial charge is 0.330 e. The largest absolute Gasteiger partial charge is 0.457 e. The fourth-order valence-electron chi connectivity index (χ4n) is 2.24. The van der Waals surface area contributed by atoms with E-state index in [1.807, 2.05) is 26.8 Å². The van der Waals surface area contributed by atoms with Crippen molar-refractivity contribution in [1.82, 2.24) is 0 Å². The summed E-state index contributed by atoms with van der Waals surface area (Å²) >= 11 is 0. The van der Waals surface area contributed by atoms with Gasteiger partial charge in [0, 0.05) is 6.08 Å². The molecule has 2 nitrogen and oxygen atoms in total. The fourth-order valence-corrected chi connectivity index (χ4v) is 2.24. The van der Waals surface area contributed by atoms with Crippen molar-refractivity contribution in [2.45, 2.75) is 84.7 Å². The van der Waals surface area contributed by atoms with Crippen LogP contribution >= 0.6 is 0 Å². The summed E-state index contributed by atoms with van der Waals surface area (Å²) in [4.78, 5) is 11.5. The van der Waals surface area contributed by atoms with Crippen molar-refractivity contribution >= 4 is 5.97 Å². The van der Waals surface area contributed by atoms with Gasteiger partial charge in [-0.3, -0.25) is 0 Å². The van der Waals surface area contributed by atoms with Gasteiger partial charge in [0.25, 0.3) is 0 Å². The lowest BCUT2D eigenvalue weighted by molar-refractivity contribution is -0.148. The second-order valence-electron chi connectivity index (χ2n) is 7.57. The third kappa shape index (κ3) is 22.0. The summed E-state index contributed by atoms with van der Waals surface area (Å²) in [6.45, 7) is 7.78. The van der Waals surface area contributed by atoms with Gasteiger partial charge in [-0.2, -0.15) is 0 Å². The van der Waals surface area contributed by atoms with E-state index in [1.54, 1.807) is 0 Å². The Morgan fingerprint density at radius 2 is 1.11 bits per heavy atom. The number of carbonyl (C=O) groups is 1. The third-order valence-corrected chi connectivity index (χ3v) is 3.56. The van der Waals surface area contributed by atoms with Crippen LogP contribution in [0.4, 0.5) is 0 Å². The first-order valence-electron chi connectivity index (χ1n) is 10.6. The molecule has 0 bridgehead atoms. The van der Waals surface area contributed by atoms with Crippen LogP contribution in [0, 0.1) is 0 Å². The molecule has 0 radical (unpaired) electrons. The molecule has 0 aromatic carbocycles. The maximum atomic E-state index is 11.5. The van der Waals surface area contributed by atoms with Gasteiger partial charge in [0.15, 0.2) is 0 Å². The summed E-state index contributed by atoms with van der Waals surface area (Å²) < 4.78 is 5.22. The van der Waals surface area contributed by atoms with Crippen LogP contribution in [0.1, 0.15) is 79.1 Å². The lowest BCUT2D eigenvalue weighted by Crippen LogP contribution is -2.22. The minimum absolute atomic E-state index is 0.262. The number of ether oxygens (including phenoxy) is 1. The zero-order valence-corrected chi connectivity index (χ0v) is 18.4. The summed E-state index contributed by atoms with van der Waals surface area (Å²) in [6, 6.07) is 0. The normalized spacial score (nSPS) is 13.4. The molecular weight excluding hydrogens is 344 g/mol. The predicted molar refractivity (Wildman–Crippen MR) is 123 cm³/mol. The van der Waals surface area contributed by atoms with Crippen LogP contribution in [-0.4, -0.2) is 11.6 Å². The van der Waals surface area contributed by atoms with Crippen molar-refractivity contribution in [2.24, 2.45) is 0 Å². The molecule has 2 heteroatoms. The Morgan fingerprint density at radius 3 is 1.57 bits per heavy atom. The van der Waals surface area contributed by atoms with Crippen molar-refractivity contribution in [1.29, 1.82) is 0 Å². The van der Waals surface area contributed by atoms with Crippen molar-refractivity contribution in [3.8, 4) is 0 Å². The molecule has 0 aromatic rings. The van der Waals surface area contributed by atoms with E-state index in [0.29, 0.717) is 0 Å². The summed E-state index contributed by atoms with van der Waals surface area (Å²) in [6.07, 6.45) is 33.6. The number of carbonyl (C=O) groups excluding carboxylic acids is 1. The fraction of sp³-hybridized carbons (Fsp3) is 0.500. The molecule has 0 aliphatic rings. The zero-order chi connectivity index (χ0) is 20.9. The van der Waals surface area contributed by atoms with Crippen LogP contribution in [0.15, 0.2) is 72.9 Å². The highest BCUT2D eigenvalue weighted by molar-refractivity contribution is 5.82. The molecule has 0 rings (SSSR count). The van der Waals surface area contributed by atoms with E-state index in [0.717, 1.165) is 51.4 Å². The highest BCUT2D eigenvalue weighted by atomic mass is 16.6. The topological polar surface area (TPSA) is 26.3 Å². The molecule has 0 N–H and O–H groups in total. The molecule has 0 atom stereocenters. The lowest BCUT2D eigenvalue weighted by Gasteiger charge is -2.17. The molecule has 0 fully saturated rings. The highest BCUT2D eigenvalue weighted by Crippen LogP contribution is 2.07. The van der Waals surface area contributed by atoms with E-state index in [-0.39, 0.29) is 5.97 Å². The Balaban J connectivity index is 3.60. The lowest BCUT2D eigenvalue weighted by atomic mass is 10.2. The van der Waals surface area contributed by atoms with Gasteiger partial charge in [-0.15, -0.1) is 0 Å². The molecule has 0 aliphatic carbocycles. The van der Waals surface area contributed by atoms with Gasteiger partial charge in [-0.05, 0) is 72.1 Å². The number of rotatable bonds is 14. The Bertz CT molecular complexity index is 551. The van der Waals surface area contributed by atoms with Crippen molar-refractivity contribution < 1.29 is 9.53 Å². The molecule has 0 amide bonds. The minimum Gasteiger partial charge on any atom is -0.457 e. The van der Waals surface area contributed by atoms with E-state index in [4.69, 9.17) is 4.74 Å². The van der Waals surface area contributed by atoms with Gasteiger partial charge in [0.1, 0.15) is 5.60 Å². The van der Waals surface area contributed by atoms with Gasteiger partial charge < -0.3 is 4.74 Å². The first-order chi connectivity index (χ1) is 13.5. The molecule has 0 aromatic heterocycles. The summed E-state index contributed by atoms with van der Waals surface area (Å²) in [5.41, 5.74) is -0.420. The summed E-state index contributed by atoms with van der Waals surface area (Å²) in [5, 5.41) is 0. The maximum Gasteiger partial charge on any atom is 0.330 e. The maximum absolute atomic E-state index is 11.5. The van der Waals surface area contributed by atoms with Crippen LogP contribution < -0.4 is 0 Å². The highest BCUT2D eigenvalue weighted by Gasteiger charge is 2.13. The number of unbranched alkanes of at least 4 members (excludes halogenated alkanes) is 2. The molecule has 0 heterocycles. The Morgan fingerprint density at radius 1 is 0.679 bits per heavy atom. The Kier molecular flexibility index (Phi) is 16.9. The number of hydrogen-bond donors (Lipinski definition) is 0. The van der Waals surface area contributed by atoms with Gasteiger partial charge in [-0.25, -0.2) is 4.79 Å². The number of allylic oxidation sites excluding steroid dienone is 11. The van der Waals surface area contributed by atoms with Crippen molar-refractivity contribution in [2.75, 3.05) is 0 Å². The zero-order valence-electron chi connectivity index (χ0n) is 18.4. The standard InChI is InChI=1S/C26H40O2/c1-5-6-7-8-9-10-11-12-13-14-15-16-17-18-19-20-21-22-23-24-25(27)28-26(2,3)4/h6-7,9-10,12-13,15-16,18-19,23-24H,5,8,11,14,17,20-22H2,1-4H3/b7-6+,10-9+,13-12+,16-15+,19-18+,24-23+. The number of hydrogen-bond acceptors (Lipinski definition) is 2. The molecule has 0 unspecified atom stereocenters. The van der Waals surface area contributed by atoms with Gasteiger partial charge in [0.2, 0.25) is 0 Å². The first kappa shape index (κ1) is 25.9. The SMILES string of the molecule is CC/C=C/C/C=C/C/C=C/C/C=C/C/C=C/CCC/C=C/C(=O)OC(C)(C)C. The van der Waals surface area contributed by atoms with Crippen LogP contribution in [0.3, 0.4) is 0 Å². The van der Waals surface area contributed by atoms with E-state index < -0.39 is 5.60 Å². The molecule has 0 spiro atoms. The van der Waals surface area contributed by atoms with E-state index in [1.165, 1.54) is 6.08 Å². The van der Waals surface area contributed by atoms with Crippen molar-refractivity contribution in [3.05, 3.63) is 72.9 Å². The predicted octanol–water partition coefficient (Wildman–Crippen LogP) is 7.81. The van der Waals surface area contributed by atoms with E-state index >= 15 is 0 Å². The quantitative estimate of drug-likeness (QED) is 0.132.